The van der Waals surface area contributed by atoms with Gasteiger partial charge in [0, 0.05) is 10.9 Å². The summed E-state index contributed by atoms with van der Waals surface area (Å²) in [7, 11) is 0. The molecule has 1 aromatic heterocycles. The molecule has 5 heteroatoms. The highest BCUT2D eigenvalue weighted by Gasteiger charge is 2.20. The summed E-state index contributed by atoms with van der Waals surface area (Å²) < 4.78 is 2.23. The molecule has 0 saturated carbocycles. The molecule has 0 radical (unpaired) electrons. The van der Waals surface area contributed by atoms with Crippen LogP contribution in [0.25, 0.3) is 5.69 Å². The molecule has 1 aliphatic rings. The quantitative estimate of drug-likeness (QED) is 0.559. The van der Waals surface area contributed by atoms with E-state index >= 15 is 0 Å². The molecule has 1 atom stereocenters. The van der Waals surface area contributed by atoms with E-state index in [4.69, 9.17) is 0 Å². The van der Waals surface area contributed by atoms with Gasteiger partial charge in [0.2, 0.25) is 0 Å². The van der Waals surface area contributed by atoms with Crippen molar-refractivity contribution < 1.29 is 0 Å². The zero-order valence-corrected chi connectivity index (χ0v) is 16.6. The number of hydrogen-bond acceptors (Lipinski definition) is 4. The molecular formula is C22H26N4S. The van der Waals surface area contributed by atoms with E-state index in [1.54, 1.807) is 11.8 Å². The summed E-state index contributed by atoms with van der Waals surface area (Å²) >= 11 is 1.77. The van der Waals surface area contributed by atoms with E-state index in [9.17, 15) is 0 Å². The van der Waals surface area contributed by atoms with Crippen molar-refractivity contribution in [2.75, 3.05) is 13.1 Å². The lowest BCUT2D eigenvalue weighted by Crippen LogP contribution is -2.30. The van der Waals surface area contributed by atoms with Crippen molar-refractivity contribution in [1.29, 1.82) is 0 Å². The van der Waals surface area contributed by atoms with Gasteiger partial charge < -0.3 is 0 Å². The lowest BCUT2D eigenvalue weighted by atomic mass is 10.1. The average molecular weight is 379 g/mol. The Kier molecular flexibility index (Phi) is 5.90. The third-order valence-electron chi connectivity index (χ3n) is 5.08. The lowest BCUT2D eigenvalue weighted by molar-refractivity contribution is 0.214. The molecule has 0 amide bonds. The molecule has 0 N–H and O–H groups in total. The zero-order chi connectivity index (χ0) is 18.5. The number of likely N-dealkylation sites (tertiary alicyclic amines) is 1. The van der Waals surface area contributed by atoms with Gasteiger partial charge >= 0.3 is 0 Å². The second-order valence-electron chi connectivity index (χ2n) is 7.08. The van der Waals surface area contributed by atoms with E-state index in [2.05, 4.69) is 87.3 Å². The minimum Gasteiger partial charge on any atom is -0.296 e. The van der Waals surface area contributed by atoms with Crippen molar-refractivity contribution in [3.05, 3.63) is 72.1 Å². The van der Waals surface area contributed by atoms with Crippen molar-refractivity contribution in [1.82, 2.24) is 19.7 Å². The van der Waals surface area contributed by atoms with E-state index in [1.165, 1.54) is 24.8 Å². The van der Waals surface area contributed by atoms with Gasteiger partial charge in [0.15, 0.2) is 11.0 Å². The summed E-state index contributed by atoms with van der Waals surface area (Å²) in [6.07, 6.45) is 3.91. The molecule has 3 aromatic rings. The van der Waals surface area contributed by atoms with Crippen molar-refractivity contribution in [3.8, 4) is 5.69 Å². The van der Waals surface area contributed by atoms with Gasteiger partial charge in [0.25, 0.3) is 0 Å². The number of benzene rings is 2. The minimum absolute atomic E-state index is 0.320. The molecule has 1 fully saturated rings. The van der Waals surface area contributed by atoms with Crippen LogP contribution >= 0.6 is 11.8 Å². The number of hydrogen-bond donors (Lipinski definition) is 0. The second-order valence-corrected chi connectivity index (χ2v) is 8.39. The fourth-order valence-electron chi connectivity index (χ4n) is 3.58. The maximum absolute atomic E-state index is 4.58. The molecule has 0 aliphatic carbocycles. The van der Waals surface area contributed by atoms with E-state index in [-0.39, 0.29) is 0 Å². The summed E-state index contributed by atoms with van der Waals surface area (Å²) in [5, 5.41) is 10.4. The number of para-hydroxylation sites is 1. The molecule has 2 aromatic carbocycles. The molecule has 1 unspecified atom stereocenters. The molecule has 4 rings (SSSR count). The van der Waals surface area contributed by atoms with E-state index in [0.29, 0.717) is 5.25 Å². The van der Waals surface area contributed by atoms with Crippen LogP contribution < -0.4 is 0 Å². The topological polar surface area (TPSA) is 34.0 Å². The molecular weight excluding hydrogens is 352 g/mol. The highest BCUT2D eigenvalue weighted by atomic mass is 32.2. The van der Waals surface area contributed by atoms with E-state index in [1.807, 2.05) is 0 Å². The lowest BCUT2D eigenvalue weighted by Gasteiger charge is -2.26. The van der Waals surface area contributed by atoms with Gasteiger partial charge in [0.1, 0.15) is 0 Å². The van der Waals surface area contributed by atoms with E-state index < -0.39 is 0 Å². The van der Waals surface area contributed by atoms with Gasteiger partial charge in [-0.05, 0) is 50.6 Å². The first-order valence-electron chi connectivity index (χ1n) is 9.75. The number of rotatable bonds is 6. The largest absolute Gasteiger partial charge is 0.296 e. The zero-order valence-electron chi connectivity index (χ0n) is 15.8. The maximum atomic E-state index is 4.58. The Labute approximate surface area is 165 Å². The van der Waals surface area contributed by atoms with Crippen LogP contribution in [0.1, 0.15) is 42.8 Å². The molecule has 0 spiro atoms. The van der Waals surface area contributed by atoms with Gasteiger partial charge in [-0.25, -0.2) is 0 Å². The van der Waals surface area contributed by atoms with Crippen LogP contribution in [-0.4, -0.2) is 32.8 Å². The predicted octanol–water partition coefficient (Wildman–Crippen LogP) is 5.11. The van der Waals surface area contributed by atoms with Crippen LogP contribution in [0.5, 0.6) is 0 Å². The number of piperidine rings is 1. The third kappa shape index (κ3) is 4.42. The van der Waals surface area contributed by atoms with Gasteiger partial charge in [-0.2, -0.15) is 0 Å². The Hall–Kier alpha value is -2.11. The van der Waals surface area contributed by atoms with Crippen LogP contribution in [0.3, 0.4) is 0 Å². The highest BCUT2D eigenvalue weighted by Crippen LogP contribution is 2.35. The van der Waals surface area contributed by atoms with Gasteiger partial charge in [-0.1, -0.05) is 66.7 Å². The van der Waals surface area contributed by atoms with Crippen LogP contribution in [0, 0.1) is 0 Å². The predicted molar refractivity (Wildman–Crippen MR) is 111 cm³/mol. The minimum atomic E-state index is 0.320. The molecule has 4 nitrogen and oxygen atoms in total. The Morgan fingerprint density at radius 3 is 2.26 bits per heavy atom. The molecule has 0 bridgehead atoms. The van der Waals surface area contributed by atoms with Crippen molar-refractivity contribution in [3.63, 3.8) is 0 Å². The summed E-state index contributed by atoms with van der Waals surface area (Å²) in [6.45, 7) is 5.41. The van der Waals surface area contributed by atoms with Gasteiger partial charge in [-0.15, -0.1) is 10.2 Å². The standard InChI is InChI=1S/C22H26N4S/c1-18(19-11-5-2-6-12-19)27-22-24-23-21(17-25-15-9-4-10-16-25)26(22)20-13-7-3-8-14-20/h2-3,5-8,11-14,18H,4,9-10,15-17H2,1H3. The maximum Gasteiger partial charge on any atom is 0.196 e. The highest BCUT2D eigenvalue weighted by molar-refractivity contribution is 7.99. The molecule has 1 saturated heterocycles. The first-order chi connectivity index (χ1) is 13.3. The first-order valence-corrected chi connectivity index (χ1v) is 10.6. The first kappa shape index (κ1) is 18.3. The normalized spacial score (nSPS) is 16.3. The van der Waals surface area contributed by atoms with Crippen LogP contribution in [0.15, 0.2) is 65.8 Å². The SMILES string of the molecule is CC(Sc1nnc(CN2CCCCC2)n1-c1ccccc1)c1ccccc1. The summed E-state index contributed by atoms with van der Waals surface area (Å²) in [5.74, 6) is 1.03. The second kappa shape index (κ2) is 8.72. The number of thioether (sulfide) groups is 1. The van der Waals surface area contributed by atoms with Crippen molar-refractivity contribution in [2.24, 2.45) is 0 Å². The van der Waals surface area contributed by atoms with Crippen molar-refractivity contribution in [2.45, 2.75) is 43.1 Å². The van der Waals surface area contributed by atoms with Gasteiger partial charge in [0.05, 0.1) is 6.54 Å². The number of nitrogens with zero attached hydrogens (tertiary/aromatic N) is 4. The van der Waals surface area contributed by atoms with Crippen molar-refractivity contribution >= 4 is 11.8 Å². The van der Waals surface area contributed by atoms with Crippen LogP contribution in [0.2, 0.25) is 0 Å². The third-order valence-corrected chi connectivity index (χ3v) is 6.18. The van der Waals surface area contributed by atoms with Crippen LogP contribution in [-0.2, 0) is 6.54 Å². The monoisotopic (exact) mass is 378 g/mol. The summed E-state index contributed by atoms with van der Waals surface area (Å²) in [5.41, 5.74) is 2.44. The molecule has 140 valence electrons. The Bertz CT molecular complexity index is 841. The fourth-order valence-corrected chi connectivity index (χ4v) is 4.60. The van der Waals surface area contributed by atoms with Crippen LogP contribution in [0.4, 0.5) is 0 Å². The van der Waals surface area contributed by atoms with E-state index in [0.717, 1.165) is 36.3 Å². The summed E-state index contributed by atoms with van der Waals surface area (Å²) in [4.78, 5) is 2.50. The molecule has 1 aliphatic heterocycles. The molecule has 27 heavy (non-hydrogen) atoms. The Balaban J connectivity index is 1.62. The number of aromatic nitrogens is 3. The van der Waals surface area contributed by atoms with Gasteiger partial charge in [-0.3, -0.25) is 9.47 Å². The smallest absolute Gasteiger partial charge is 0.196 e. The molecule has 2 heterocycles. The fraction of sp³-hybridized carbons (Fsp3) is 0.364. The Morgan fingerprint density at radius 2 is 1.56 bits per heavy atom. The summed E-state index contributed by atoms with van der Waals surface area (Å²) in [6, 6.07) is 21.1. The average Bonchev–Trinajstić information content (AvgIpc) is 3.12. The Morgan fingerprint density at radius 1 is 0.889 bits per heavy atom.